The molecule has 0 bridgehead atoms. The van der Waals surface area contributed by atoms with Crippen molar-refractivity contribution in [1.29, 1.82) is 0 Å². The van der Waals surface area contributed by atoms with E-state index in [2.05, 4.69) is 26.6 Å². The van der Waals surface area contributed by atoms with E-state index < -0.39 is 6.10 Å². The van der Waals surface area contributed by atoms with Gasteiger partial charge in [0.25, 0.3) is 0 Å². The molecule has 1 aromatic carbocycles. The predicted molar refractivity (Wildman–Crippen MR) is 74.7 cm³/mol. The number of benzene rings is 1. The van der Waals surface area contributed by atoms with Crippen LogP contribution in [0.2, 0.25) is 0 Å². The van der Waals surface area contributed by atoms with Gasteiger partial charge < -0.3 is 15.7 Å². The normalized spacial score (nSPS) is 23.1. The molecule has 0 aliphatic carbocycles. The molecule has 2 unspecified atom stereocenters. The third-order valence-electron chi connectivity index (χ3n) is 3.13. The molecule has 2 atom stereocenters. The number of rotatable bonds is 2. The zero-order valence-corrected chi connectivity index (χ0v) is 12.0. The number of nitrogens with one attached hydrogen (secondary N) is 2. The first-order valence-electron chi connectivity index (χ1n) is 5.96. The summed E-state index contributed by atoms with van der Waals surface area (Å²) in [6, 6.07) is 3.56. The zero-order valence-electron chi connectivity index (χ0n) is 10.5. The Hall–Kier alpha value is -0.910. The Morgan fingerprint density at radius 2 is 2.06 bits per heavy atom. The number of amides is 1. The van der Waals surface area contributed by atoms with Crippen LogP contribution in [0.25, 0.3) is 0 Å². The summed E-state index contributed by atoms with van der Waals surface area (Å²) in [5, 5.41) is 15.3. The van der Waals surface area contributed by atoms with E-state index in [4.69, 9.17) is 0 Å². The van der Waals surface area contributed by atoms with E-state index >= 15 is 0 Å². The summed E-state index contributed by atoms with van der Waals surface area (Å²) in [4.78, 5) is 12.0. The number of halogens is 1. The smallest absolute Gasteiger partial charge is 0.241 e. The highest BCUT2D eigenvalue weighted by Crippen LogP contribution is 2.25. The van der Waals surface area contributed by atoms with Crippen LogP contribution >= 0.6 is 15.9 Å². The number of carbonyl (C=O) groups excluding carboxylic acids is 1. The molecule has 1 aliphatic heterocycles. The number of β-amino-alcohol motifs (C(OH)–C–C–N with tert-alkyl or cyclic N) is 1. The van der Waals surface area contributed by atoms with Gasteiger partial charge in [-0.3, -0.25) is 4.79 Å². The Labute approximate surface area is 115 Å². The predicted octanol–water partition coefficient (Wildman–Crippen LogP) is 1.73. The molecule has 2 rings (SSSR count). The van der Waals surface area contributed by atoms with Gasteiger partial charge in [-0.2, -0.15) is 0 Å². The fraction of sp³-hybridized carbons (Fsp3) is 0.462. The van der Waals surface area contributed by atoms with Gasteiger partial charge in [0.2, 0.25) is 5.91 Å². The first-order chi connectivity index (χ1) is 8.47. The van der Waals surface area contributed by atoms with Crippen molar-refractivity contribution >= 4 is 27.5 Å². The maximum atomic E-state index is 12.0. The lowest BCUT2D eigenvalue weighted by Crippen LogP contribution is -2.35. The number of aliphatic hydroxyl groups is 1. The molecule has 1 aromatic rings. The van der Waals surface area contributed by atoms with Crippen LogP contribution in [0.3, 0.4) is 0 Å². The lowest BCUT2D eigenvalue weighted by Gasteiger charge is -2.13. The molecule has 3 N–H and O–H groups in total. The van der Waals surface area contributed by atoms with Gasteiger partial charge in [-0.1, -0.05) is 15.9 Å². The molecule has 5 heteroatoms. The van der Waals surface area contributed by atoms with Crippen molar-refractivity contribution in [2.24, 2.45) is 0 Å². The summed E-state index contributed by atoms with van der Waals surface area (Å²) in [7, 11) is 0. The molecule has 1 saturated heterocycles. The monoisotopic (exact) mass is 312 g/mol. The SMILES string of the molecule is Cc1cc(NC(=O)C2CC(O)CN2)cc(C)c1Br. The molecule has 1 fully saturated rings. The van der Waals surface area contributed by atoms with Crippen molar-refractivity contribution in [3.63, 3.8) is 0 Å². The van der Waals surface area contributed by atoms with Crippen molar-refractivity contribution in [3.05, 3.63) is 27.7 Å². The van der Waals surface area contributed by atoms with Gasteiger partial charge in [0.05, 0.1) is 12.1 Å². The van der Waals surface area contributed by atoms with Gasteiger partial charge in [-0.15, -0.1) is 0 Å². The molecule has 0 radical (unpaired) electrons. The number of aliphatic hydroxyl groups excluding tert-OH is 1. The average molecular weight is 313 g/mol. The summed E-state index contributed by atoms with van der Waals surface area (Å²) in [6.07, 6.45) is 0.0505. The molecule has 4 nitrogen and oxygen atoms in total. The van der Waals surface area contributed by atoms with E-state index in [0.29, 0.717) is 13.0 Å². The van der Waals surface area contributed by atoms with Crippen molar-refractivity contribution < 1.29 is 9.90 Å². The highest BCUT2D eigenvalue weighted by Gasteiger charge is 2.28. The van der Waals surface area contributed by atoms with Gasteiger partial charge in [0.1, 0.15) is 0 Å². The summed E-state index contributed by atoms with van der Waals surface area (Å²) in [6.45, 7) is 4.46. The Balaban J connectivity index is 2.07. The van der Waals surface area contributed by atoms with Crippen LogP contribution in [-0.2, 0) is 4.79 Å². The highest BCUT2D eigenvalue weighted by molar-refractivity contribution is 9.10. The first kappa shape index (κ1) is 13.5. The molecule has 0 saturated carbocycles. The third-order valence-corrected chi connectivity index (χ3v) is 4.38. The standard InChI is InChI=1S/C13H17BrN2O2/c1-7-3-9(4-8(2)12(7)14)16-13(18)11-5-10(17)6-15-11/h3-4,10-11,15,17H,5-6H2,1-2H3,(H,16,18). The Kier molecular flexibility index (Phi) is 4.04. The van der Waals surface area contributed by atoms with Crippen LogP contribution in [0.5, 0.6) is 0 Å². The molecule has 1 heterocycles. The minimum absolute atomic E-state index is 0.0901. The van der Waals surface area contributed by atoms with Gasteiger partial charge in [0.15, 0.2) is 0 Å². The second-order valence-corrected chi connectivity index (χ2v) is 5.56. The van der Waals surface area contributed by atoms with E-state index in [1.165, 1.54) is 0 Å². The van der Waals surface area contributed by atoms with Crippen LogP contribution in [0, 0.1) is 13.8 Å². The van der Waals surface area contributed by atoms with Gasteiger partial charge in [0, 0.05) is 16.7 Å². The Bertz CT molecular complexity index is 453. The van der Waals surface area contributed by atoms with Gasteiger partial charge in [-0.25, -0.2) is 0 Å². The average Bonchev–Trinajstić information content (AvgIpc) is 2.72. The molecule has 1 amide bonds. The summed E-state index contributed by atoms with van der Waals surface area (Å²) in [5.74, 6) is -0.0901. The van der Waals surface area contributed by atoms with E-state index in [9.17, 15) is 9.90 Å². The number of carbonyl (C=O) groups is 1. The number of hydrogen-bond acceptors (Lipinski definition) is 3. The highest BCUT2D eigenvalue weighted by atomic mass is 79.9. The first-order valence-corrected chi connectivity index (χ1v) is 6.75. The Morgan fingerprint density at radius 3 is 2.56 bits per heavy atom. The minimum atomic E-state index is -0.422. The quantitative estimate of drug-likeness (QED) is 0.779. The summed E-state index contributed by atoms with van der Waals surface area (Å²) >= 11 is 3.50. The Morgan fingerprint density at radius 1 is 1.44 bits per heavy atom. The number of aryl methyl sites for hydroxylation is 2. The van der Waals surface area contributed by atoms with Gasteiger partial charge in [-0.05, 0) is 43.5 Å². The fourth-order valence-corrected chi connectivity index (χ4v) is 2.39. The molecule has 0 aromatic heterocycles. The fourth-order valence-electron chi connectivity index (χ4n) is 2.16. The molecule has 18 heavy (non-hydrogen) atoms. The largest absolute Gasteiger partial charge is 0.392 e. The van der Waals surface area contributed by atoms with E-state index in [1.54, 1.807) is 0 Å². The molecule has 0 spiro atoms. The summed E-state index contributed by atoms with van der Waals surface area (Å²) < 4.78 is 1.06. The molecular weight excluding hydrogens is 296 g/mol. The lowest BCUT2D eigenvalue weighted by molar-refractivity contribution is -0.117. The maximum Gasteiger partial charge on any atom is 0.241 e. The third kappa shape index (κ3) is 2.91. The van der Waals surface area contributed by atoms with Crippen LogP contribution in [0.4, 0.5) is 5.69 Å². The lowest BCUT2D eigenvalue weighted by atomic mass is 10.1. The van der Waals surface area contributed by atoms with Gasteiger partial charge >= 0.3 is 0 Å². The van der Waals surface area contributed by atoms with E-state index in [1.807, 2.05) is 26.0 Å². The van der Waals surface area contributed by atoms with Crippen LogP contribution < -0.4 is 10.6 Å². The molecule has 1 aliphatic rings. The minimum Gasteiger partial charge on any atom is -0.392 e. The van der Waals surface area contributed by atoms with Crippen molar-refractivity contribution in [2.75, 3.05) is 11.9 Å². The number of hydrogen-bond donors (Lipinski definition) is 3. The van der Waals surface area contributed by atoms with Crippen molar-refractivity contribution in [3.8, 4) is 0 Å². The van der Waals surface area contributed by atoms with E-state index in [-0.39, 0.29) is 11.9 Å². The van der Waals surface area contributed by atoms with Crippen molar-refractivity contribution in [1.82, 2.24) is 5.32 Å². The molecule has 98 valence electrons. The number of anilines is 1. The maximum absolute atomic E-state index is 12.0. The van der Waals surface area contributed by atoms with Crippen molar-refractivity contribution in [2.45, 2.75) is 32.4 Å². The zero-order chi connectivity index (χ0) is 13.3. The second-order valence-electron chi connectivity index (χ2n) is 4.76. The molecular formula is C13H17BrN2O2. The van der Waals surface area contributed by atoms with Crippen LogP contribution in [0.1, 0.15) is 17.5 Å². The van der Waals surface area contributed by atoms with Crippen LogP contribution in [-0.4, -0.2) is 29.7 Å². The van der Waals surface area contributed by atoms with Crippen LogP contribution in [0.15, 0.2) is 16.6 Å². The summed E-state index contributed by atoms with van der Waals surface area (Å²) in [5.41, 5.74) is 2.97. The second kappa shape index (κ2) is 5.38. The topological polar surface area (TPSA) is 61.4 Å². The van der Waals surface area contributed by atoms with E-state index in [0.717, 1.165) is 21.3 Å².